The van der Waals surface area contributed by atoms with Crippen molar-refractivity contribution in [3.8, 4) is 0 Å². The van der Waals surface area contributed by atoms with Gasteiger partial charge in [-0.1, -0.05) is 30.3 Å². The van der Waals surface area contributed by atoms with E-state index in [9.17, 15) is 19.2 Å². The van der Waals surface area contributed by atoms with Crippen molar-refractivity contribution in [1.29, 1.82) is 0 Å². The van der Waals surface area contributed by atoms with Crippen molar-refractivity contribution in [2.45, 2.75) is 13.5 Å². The molecule has 8 nitrogen and oxygen atoms in total. The first kappa shape index (κ1) is 19.4. The molecule has 0 aliphatic carbocycles. The van der Waals surface area contributed by atoms with Gasteiger partial charge in [0.05, 0.1) is 23.4 Å². The van der Waals surface area contributed by atoms with E-state index in [0.29, 0.717) is 22.2 Å². The van der Waals surface area contributed by atoms with Crippen LogP contribution in [0.15, 0.2) is 52.9 Å². The minimum absolute atomic E-state index is 0.0383. The lowest BCUT2D eigenvalue weighted by molar-refractivity contribution is -0.143. The summed E-state index contributed by atoms with van der Waals surface area (Å²) in [5, 5.41) is 0.617. The van der Waals surface area contributed by atoms with Crippen LogP contribution in [0.5, 0.6) is 0 Å². The summed E-state index contributed by atoms with van der Waals surface area (Å²) in [7, 11) is 0. The molecule has 1 aliphatic heterocycles. The van der Waals surface area contributed by atoms with Gasteiger partial charge in [0.25, 0.3) is 11.7 Å². The number of hydrogen-bond donors (Lipinski definition) is 0. The van der Waals surface area contributed by atoms with Crippen LogP contribution in [0.2, 0.25) is 0 Å². The SMILES string of the molecule is CCOC(=O)c1oc2ccccc2c1COC(=O)CN1C(=O)C(=O)c2ccccc21. The third-order valence-corrected chi connectivity index (χ3v) is 4.70. The van der Waals surface area contributed by atoms with Crippen molar-refractivity contribution in [3.63, 3.8) is 0 Å². The van der Waals surface area contributed by atoms with E-state index in [1.54, 1.807) is 49.4 Å². The van der Waals surface area contributed by atoms with Gasteiger partial charge in [-0.3, -0.25) is 19.3 Å². The number of amides is 1. The molecule has 0 bridgehead atoms. The number of anilines is 1. The topological polar surface area (TPSA) is 103 Å². The lowest BCUT2D eigenvalue weighted by atomic mass is 10.1. The van der Waals surface area contributed by atoms with Gasteiger partial charge in [-0.15, -0.1) is 0 Å². The summed E-state index contributed by atoms with van der Waals surface area (Å²) in [6.07, 6.45) is 0. The maximum absolute atomic E-state index is 12.4. The average molecular weight is 407 g/mol. The van der Waals surface area contributed by atoms with Gasteiger partial charge < -0.3 is 13.9 Å². The summed E-state index contributed by atoms with van der Waals surface area (Å²) < 4.78 is 15.9. The Bertz CT molecular complexity index is 1180. The fourth-order valence-electron chi connectivity index (χ4n) is 3.34. The van der Waals surface area contributed by atoms with Crippen molar-refractivity contribution in [2.75, 3.05) is 18.1 Å². The predicted molar refractivity (Wildman–Crippen MR) is 105 cm³/mol. The van der Waals surface area contributed by atoms with Gasteiger partial charge in [0.15, 0.2) is 0 Å². The van der Waals surface area contributed by atoms with E-state index < -0.39 is 30.2 Å². The molecule has 0 atom stereocenters. The molecule has 1 aliphatic rings. The Labute approximate surface area is 171 Å². The molecule has 2 aromatic carbocycles. The van der Waals surface area contributed by atoms with Crippen molar-refractivity contribution >= 4 is 40.3 Å². The van der Waals surface area contributed by atoms with Crippen LogP contribution in [0.25, 0.3) is 11.0 Å². The van der Waals surface area contributed by atoms with Crippen molar-refractivity contribution in [3.05, 3.63) is 65.4 Å². The highest BCUT2D eigenvalue weighted by atomic mass is 16.5. The van der Waals surface area contributed by atoms with Crippen LogP contribution in [-0.2, 0) is 25.7 Å². The number of hydrogen-bond acceptors (Lipinski definition) is 7. The standard InChI is InChI=1S/C22H17NO7/c1-2-28-22(27)20-15(13-7-4-6-10-17(13)30-20)12-29-18(24)11-23-16-9-5-3-8-14(16)19(25)21(23)26/h3-10H,2,11-12H2,1H3. The number of furan rings is 1. The number of Topliss-reactive ketones (excluding diaryl/α,β-unsaturated/α-hetero) is 1. The number of carbonyl (C=O) groups excluding carboxylic acids is 4. The van der Waals surface area contributed by atoms with E-state index >= 15 is 0 Å². The van der Waals surface area contributed by atoms with Gasteiger partial charge in [-0.05, 0) is 25.1 Å². The van der Waals surface area contributed by atoms with Gasteiger partial charge >= 0.3 is 11.9 Å². The highest BCUT2D eigenvalue weighted by Crippen LogP contribution is 2.29. The molecule has 2 heterocycles. The summed E-state index contributed by atoms with van der Waals surface area (Å²) in [4.78, 5) is 50.0. The Morgan fingerprint density at radius 1 is 1.00 bits per heavy atom. The number of ketones is 1. The number of fused-ring (bicyclic) bond motifs is 2. The summed E-state index contributed by atoms with van der Waals surface area (Å²) in [6, 6.07) is 13.4. The first-order chi connectivity index (χ1) is 14.5. The normalized spacial score (nSPS) is 12.9. The number of benzene rings is 2. The fraction of sp³-hybridized carbons (Fsp3) is 0.182. The molecule has 0 N–H and O–H groups in total. The molecule has 0 radical (unpaired) electrons. The molecule has 0 unspecified atom stereocenters. The molecular weight excluding hydrogens is 390 g/mol. The minimum Gasteiger partial charge on any atom is -0.460 e. The van der Waals surface area contributed by atoms with Crippen LogP contribution in [0.4, 0.5) is 5.69 Å². The Morgan fingerprint density at radius 2 is 1.73 bits per heavy atom. The van der Waals surface area contributed by atoms with Crippen LogP contribution in [0.1, 0.15) is 33.4 Å². The summed E-state index contributed by atoms with van der Waals surface area (Å²) in [5.41, 5.74) is 1.45. The Morgan fingerprint density at radius 3 is 2.53 bits per heavy atom. The number of para-hydroxylation sites is 2. The zero-order valence-electron chi connectivity index (χ0n) is 16.0. The van der Waals surface area contributed by atoms with E-state index in [1.165, 1.54) is 6.07 Å². The van der Waals surface area contributed by atoms with E-state index in [-0.39, 0.29) is 24.5 Å². The van der Waals surface area contributed by atoms with Crippen LogP contribution in [0, 0.1) is 0 Å². The van der Waals surface area contributed by atoms with Crippen molar-refractivity contribution in [2.24, 2.45) is 0 Å². The molecule has 0 saturated heterocycles. The molecule has 30 heavy (non-hydrogen) atoms. The minimum atomic E-state index is -0.783. The second kappa shape index (κ2) is 7.82. The van der Waals surface area contributed by atoms with Gasteiger partial charge in [0.2, 0.25) is 5.76 Å². The zero-order chi connectivity index (χ0) is 21.3. The molecule has 3 aromatic rings. The highest BCUT2D eigenvalue weighted by Gasteiger charge is 2.36. The Balaban J connectivity index is 1.53. The fourth-order valence-corrected chi connectivity index (χ4v) is 3.34. The maximum atomic E-state index is 12.4. The molecule has 152 valence electrons. The molecule has 1 aromatic heterocycles. The molecule has 0 fully saturated rings. The number of rotatable bonds is 6. The summed E-state index contributed by atoms with van der Waals surface area (Å²) in [6.45, 7) is 1.17. The smallest absolute Gasteiger partial charge is 0.374 e. The molecule has 1 amide bonds. The van der Waals surface area contributed by atoms with E-state index in [2.05, 4.69) is 0 Å². The predicted octanol–water partition coefficient (Wildman–Crippen LogP) is 2.88. The van der Waals surface area contributed by atoms with Gasteiger partial charge in [0, 0.05) is 5.39 Å². The first-order valence-electron chi connectivity index (χ1n) is 9.29. The van der Waals surface area contributed by atoms with E-state index in [4.69, 9.17) is 13.9 Å². The van der Waals surface area contributed by atoms with Crippen LogP contribution in [0.3, 0.4) is 0 Å². The summed E-state index contributed by atoms with van der Waals surface area (Å²) >= 11 is 0. The van der Waals surface area contributed by atoms with Gasteiger partial charge in [0.1, 0.15) is 18.7 Å². The third-order valence-electron chi connectivity index (χ3n) is 4.70. The zero-order valence-corrected chi connectivity index (χ0v) is 16.0. The Hall–Kier alpha value is -3.94. The Kier molecular flexibility index (Phi) is 5.05. The van der Waals surface area contributed by atoms with Crippen molar-refractivity contribution in [1.82, 2.24) is 0 Å². The first-order valence-corrected chi connectivity index (χ1v) is 9.29. The molecule has 0 spiro atoms. The average Bonchev–Trinajstić information content (AvgIpc) is 3.24. The summed E-state index contributed by atoms with van der Waals surface area (Å²) in [5.74, 6) is -2.87. The van der Waals surface area contributed by atoms with Crippen LogP contribution < -0.4 is 4.90 Å². The molecule has 0 saturated carbocycles. The number of ether oxygens (including phenoxy) is 2. The lowest BCUT2D eigenvalue weighted by Gasteiger charge is -2.15. The molecule has 4 rings (SSSR count). The van der Waals surface area contributed by atoms with Crippen LogP contribution >= 0.6 is 0 Å². The van der Waals surface area contributed by atoms with Gasteiger partial charge in [-0.25, -0.2) is 4.79 Å². The largest absolute Gasteiger partial charge is 0.460 e. The van der Waals surface area contributed by atoms with Gasteiger partial charge in [-0.2, -0.15) is 0 Å². The number of esters is 2. The van der Waals surface area contributed by atoms with E-state index in [0.717, 1.165) is 4.90 Å². The van der Waals surface area contributed by atoms with E-state index in [1.807, 2.05) is 0 Å². The number of carbonyl (C=O) groups is 4. The molecular formula is C22H17NO7. The maximum Gasteiger partial charge on any atom is 0.374 e. The quantitative estimate of drug-likeness (QED) is 0.457. The van der Waals surface area contributed by atoms with Crippen molar-refractivity contribution < 1.29 is 33.1 Å². The third kappa shape index (κ3) is 3.32. The number of nitrogens with zero attached hydrogens (tertiary/aromatic N) is 1. The molecule has 8 heteroatoms. The second-order valence-electron chi connectivity index (χ2n) is 6.52. The van der Waals surface area contributed by atoms with Crippen LogP contribution in [-0.4, -0.2) is 36.8 Å². The monoisotopic (exact) mass is 407 g/mol. The highest BCUT2D eigenvalue weighted by molar-refractivity contribution is 6.52. The lowest BCUT2D eigenvalue weighted by Crippen LogP contribution is -2.35. The second-order valence-corrected chi connectivity index (χ2v) is 6.52.